The smallest absolute Gasteiger partial charge is 0.246 e. The molecule has 0 radical (unpaired) electrons. The van der Waals surface area contributed by atoms with Crippen molar-refractivity contribution in [2.45, 2.75) is 19.4 Å². The van der Waals surface area contributed by atoms with E-state index < -0.39 is 0 Å². The highest BCUT2D eigenvalue weighted by Gasteiger charge is 2.25. The van der Waals surface area contributed by atoms with Crippen LogP contribution < -0.4 is 0 Å². The predicted octanol–water partition coefficient (Wildman–Crippen LogP) is 2.58. The first-order valence-corrected chi connectivity index (χ1v) is 6.84. The van der Waals surface area contributed by atoms with Crippen molar-refractivity contribution in [2.75, 3.05) is 13.1 Å². The molecule has 1 fully saturated rings. The summed E-state index contributed by atoms with van der Waals surface area (Å²) >= 11 is 5.89. The van der Waals surface area contributed by atoms with E-state index in [2.05, 4.69) is 0 Å². The molecule has 1 amide bonds. The van der Waals surface area contributed by atoms with Crippen molar-refractivity contribution in [3.05, 3.63) is 40.9 Å². The van der Waals surface area contributed by atoms with Crippen molar-refractivity contribution in [1.82, 2.24) is 4.90 Å². The van der Waals surface area contributed by atoms with Crippen molar-refractivity contribution in [3.8, 4) is 0 Å². The number of aliphatic hydroxyl groups is 1. The number of hydrogen-bond acceptors (Lipinski definition) is 2. The summed E-state index contributed by atoms with van der Waals surface area (Å²) in [6.07, 6.45) is 3.69. The van der Waals surface area contributed by atoms with Crippen LogP contribution in [0.25, 0.3) is 6.08 Å². The van der Waals surface area contributed by atoms with Gasteiger partial charge in [0.15, 0.2) is 0 Å². The quantitative estimate of drug-likeness (QED) is 0.846. The van der Waals surface area contributed by atoms with Gasteiger partial charge in [0.25, 0.3) is 0 Å². The molecule has 1 heterocycles. The van der Waals surface area contributed by atoms with Crippen LogP contribution in [0.15, 0.2) is 30.3 Å². The molecular weight excluding hydrogens is 262 g/mol. The number of piperidine rings is 1. The molecule has 1 N–H and O–H groups in total. The zero-order valence-corrected chi connectivity index (χ0v) is 11.7. The Labute approximate surface area is 118 Å². The van der Waals surface area contributed by atoms with Gasteiger partial charge in [0.05, 0.1) is 6.10 Å². The second-order valence-corrected chi connectivity index (χ2v) is 5.44. The average molecular weight is 280 g/mol. The van der Waals surface area contributed by atoms with Crippen LogP contribution in [-0.2, 0) is 4.79 Å². The fraction of sp³-hybridized carbons (Fsp3) is 0.400. The van der Waals surface area contributed by atoms with E-state index in [0.717, 1.165) is 5.56 Å². The molecule has 19 heavy (non-hydrogen) atoms. The Morgan fingerprint density at radius 2 is 2.32 bits per heavy atom. The molecule has 102 valence electrons. The molecule has 1 aliphatic rings. The van der Waals surface area contributed by atoms with Gasteiger partial charge in [0.1, 0.15) is 0 Å². The molecule has 3 nitrogen and oxygen atoms in total. The van der Waals surface area contributed by atoms with Gasteiger partial charge in [-0.15, -0.1) is 0 Å². The zero-order valence-electron chi connectivity index (χ0n) is 10.9. The highest BCUT2D eigenvalue weighted by atomic mass is 35.5. The lowest BCUT2D eigenvalue weighted by molar-refractivity contribution is -0.129. The van der Waals surface area contributed by atoms with E-state index in [1.165, 1.54) is 0 Å². The molecular formula is C15H18ClNO2. The van der Waals surface area contributed by atoms with Gasteiger partial charge in [0, 0.05) is 24.2 Å². The summed E-state index contributed by atoms with van der Waals surface area (Å²) in [4.78, 5) is 13.8. The molecule has 2 atom stereocenters. The highest BCUT2D eigenvalue weighted by molar-refractivity contribution is 6.30. The number of halogens is 1. The predicted molar refractivity (Wildman–Crippen MR) is 76.9 cm³/mol. The number of amides is 1. The highest BCUT2D eigenvalue weighted by Crippen LogP contribution is 2.17. The molecule has 0 saturated carbocycles. The van der Waals surface area contributed by atoms with Gasteiger partial charge in [-0.05, 0) is 36.1 Å². The van der Waals surface area contributed by atoms with Crippen LogP contribution in [-0.4, -0.2) is 35.1 Å². The monoisotopic (exact) mass is 279 g/mol. The van der Waals surface area contributed by atoms with E-state index in [1.54, 1.807) is 23.1 Å². The minimum Gasteiger partial charge on any atom is -0.393 e. The lowest BCUT2D eigenvalue weighted by atomic mass is 9.97. The molecule has 2 unspecified atom stereocenters. The third-order valence-corrected chi connectivity index (χ3v) is 3.67. The van der Waals surface area contributed by atoms with Crippen LogP contribution >= 0.6 is 11.6 Å². The van der Waals surface area contributed by atoms with Crippen LogP contribution in [0.3, 0.4) is 0 Å². The fourth-order valence-corrected chi connectivity index (χ4v) is 2.42. The maximum atomic E-state index is 12.0. The molecule has 1 saturated heterocycles. The number of nitrogens with zero attached hydrogens (tertiary/aromatic N) is 1. The minimum atomic E-state index is -0.291. The van der Waals surface area contributed by atoms with Crippen LogP contribution in [0.5, 0.6) is 0 Å². The lowest BCUT2D eigenvalue weighted by Crippen LogP contribution is -2.44. The third kappa shape index (κ3) is 3.82. The van der Waals surface area contributed by atoms with E-state index >= 15 is 0 Å². The first kappa shape index (κ1) is 14.1. The largest absolute Gasteiger partial charge is 0.393 e. The molecule has 0 aromatic heterocycles. The Hall–Kier alpha value is -1.32. The van der Waals surface area contributed by atoms with E-state index in [-0.39, 0.29) is 17.9 Å². The van der Waals surface area contributed by atoms with Crippen molar-refractivity contribution in [3.63, 3.8) is 0 Å². The van der Waals surface area contributed by atoms with E-state index in [0.29, 0.717) is 24.5 Å². The summed E-state index contributed by atoms with van der Waals surface area (Å²) in [5, 5.41) is 10.3. The third-order valence-electron chi connectivity index (χ3n) is 3.44. The summed E-state index contributed by atoms with van der Waals surface area (Å²) in [5.41, 5.74) is 0.908. The second-order valence-electron chi connectivity index (χ2n) is 5.01. The Morgan fingerprint density at radius 1 is 1.53 bits per heavy atom. The summed E-state index contributed by atoms with van der Waals surface area (Å²) in [6.45, 7) is 3.19. The Morgan fingerprint density at radius 3 is 3.00 bits per heavy atom. The molecule has 1 aromatic carbocycles. The maximum Gasteiger partial charge on any atom is 0.246 e. The van der Waals surface area contributed by atoms with E-state index in [9.17, 15) is 9.90 Å². The number of carbonyl (C=O) groups excluding carboxylic acids is 1. The molecule has 1 aromatic rings. The topological polar surface area (TPSA) is 40.5 Å². The van der Waals surface area contributed by atoms with Gasteiger partial charge in [-0.25, -0.2) is 0 Å². The lowest BCUT2D eigenvalue weighted by Gasteiger charge is -2.33. The van der Waals surface area contributed by atoms with Gasteiger partial charge < -0.3 is 10.0 Å². The van der Waals surface area contributed by atoms with Crippen LogP contribution in [0, 0.1) is 5.92 Å². The summed E-state index contributed by atoms with van der Waals surface area (Å²) in [7, 11) is 0. The first-order valence-electron chi connectivity index (χ1n) is 6.47. The average Bonchev–Trinajstić information content (AvgIpc) is 2.39. The summed E-state index contributed by atoms with van der Waals surface area (Å²) in [5.74, 6) is 0.121. The van der Waals surface area contributed by atoms with E-state index in [1.807, 2.05) is 25.1 Å². The molecule has 0 spiro atoms. The number of hydrogen-bond donors (Lipinski definition) is 1. The van der Waals surface area contributed by atoms with Crippen molar-refractivity contribution < 1.29 is 9.90 Å². The summed E-state index contributed by atoms with van der Waals surface area (Å²) in [6, 6.07) is 7.37. The Kier molecular flexibility index (Phi) is 4.61. The van der Waals surface area contributed by atoms with Gasteiger partial charge in [-0.3, -0.25) is 4.79 Å². The first-order chi connectivity index (χ1) is 9.06. The number of rotatable bonds is 2. The molecule has 2 rings (SSSR count). The second kappa shape index (κ2) is 6.22. The number of benzene rings is 1. The van der Waals surface area contributed by atoms with E-state index in [4.69, 9.17) is 11.6 Å². The maximum absolute atomic E-state index is 12.0. The normalized spacial score (nSPS) is 23.8. The van der Waals surface area contributed by atoms with Crippen molar-refractivity contribution in [1.29, 1.82) is 0 Å². The van der Waals surface area contributed by atoms with Crippen LogP contribution in [0.4, 0.5) is 0 Å². The van der Waals surface area contributed by atoms with Gasteiger partial charge >= 0.3 is 0 Å². The standard InChI is InChI=1S/C15H18ClNO2/c1-11-10-17(8-7-14(11)18)15(19)6-5-12-3-2-4-13(16)9-12/h2-6,9,11,14,18H,7-8,10H2,1H3/b6-5+. The number of carbonyl (C=O) groups is 1. The molecule has 1 aliphatic heterocycles. The Bertz CT molecular complexity index is 487. The van der Waals surface area contributed by atoms with Crippen LogP contribution in [0.1, 0.15) is 18.9 Å². The van der Waals surface area contributed by atoms with Crippen molar-refractivity contribution in [2.24, 2.45) is 5.92 Å². The fourth-order valence-electron chi connectivity index (χ4n) is 2.22. The minimum absolute atomic E-state index is 0.0151. The van der Waals surface area contributed by atoms with Gasteiger partial charge in [-0.2, -0.15) is 0 Å². The van der Waals surface area contributed by atoms with Gasteiger partial charge in [0.2, 0.25) is 5.91 Å². The molecule has 4 heteroatoms. The molecule has 0 aliphatic carbocycles. The molecule has 0 bridgehead atoms. The SMILES string of the molecule is CC1CN(C(=O)/C=C/c2cccc(Cl)c2)CCC1O. The number of likely N-dealkylation sites (tertiary alicyclic amines) is 1. The van der Waals surface area contributed by atoms with Crippen molar-refractivity contribution >= 4 is 23.6 Å². The Balaban J connectivity index is 1.97. The van der Waals surface area contributed by atoms with Crippen LogP contribution in [0.2, 0.25) is 5.02 Å². The number of aliphatic hydroxyl groups excluding tert-OH is 1. The van der Waals surface area contributed by atoms with Gasteiger partial charge in [-0.1, -0.05) is 30.7 Å². The zero-order chi connectivity index (χ0) is 13.8. The summed E-state index contributed by atoms with van der Waals surface area (Å²) < 4.78 is 0.